The van der Waals surface area contributed by atoms with Crippen LogP contribution in [0.3, 0.4) is 0 Å². The molecule has 0 saturated carbocycles. The normalized spacial score (nSPS) is 11.8. The molecule has 0 aliphatic heterocycles. The van der Waals surface area contributed by atoms with Crippen LogP contribution in [0.5, 0.6) is 5.75 Å². The summed E-state index contributed by atoms with van der Waals surface area (Å²) in [7, 11) is 0. The van der Waals surface area contributed by atoms with Crippen molar-refractivity contribution in [2.24, 2.45) is 0 Å². The third-order valence-corrected chi connectivity index (χ3v) is 3.36. The van der Waals surface area contributed by atoms with E-state index in [0.29, 0.717) is 17.3 Å². The zero-order valence-corrected chi connectivity index (χ0v) is 12.2. The molecule has 0 spiro atoms. The Morgan fingerprint density at radius 3 is 2.84 bits per heavy atom. The van der Waals surface area contributed by atoms with Gasteiger partial charge in [0.2, 0.25) is 0 Å². The van der Waals surface area contributed by atoms with E-state index in [-0.39, 0.29) is 6.61 Å². The van der Waals surface area contributed by atoms with E-state index in [0.717, 1.165) is 18.1 Å². The van der Waals surface area contributed by atoms with Gasteiger partial charge in [-0.05, 0) is 24.3 Å². The summed E-state index contributed by atoms with van der Waals surface area (Å²) in [5, 5.41) is 13.5. The molecule has 0 saturated heterocycles. The third-order valence-electron chi connectivity index (χ3n) is 2.24. The van der Waals surface area contributed by atoms with Crippen LogP contribution in [0.4, 0.5) is 0 Å². The van der Waals surface area contributed by atoms with E-state index in [4.69, 9.17) is 22.8 Å². The Bertz CT molecular complexity index is 391. The molecule has 0 aromatic heterocycles. The number of aliphatic hydroxyl groups is 1. The average molecular weight is 300 g/mol. The maximum atomic E-state index is 9.72. The first-order valence-corrected chi connectivity index (χ1v) is 7.54. The van der Waals surface area contributed by atoms with Gasteiger partial charge >= 0.3 is 0 Å². The van der Waals surface area contributed by atoms with Gasteiger partial charge in [0.25, 0.3) is 0 Å². The van der Waals surface area contributed by atoms with Crippen molar-refractivity contribution in [1.29, 1.82) is 0 Å². The van der Waals surface area contributed by atoms with E-state index in [9.17, 15) is 5.11 Å². The van der Waals surface area contributed by atoms with Gasteiger partial charge in [0.15, 0.2) is 0 Å². The summed E-state index contributed by atoms with van der Waals surface area (Å²) < 4.78 is 5.44. The Morgan fingerprint density at radius 1 is 1.42 bits per heavy atom. The topological polar surface area (TPSA) is 41.5 Å². The molecule has 0 heterocycles. The summed E-state index contributed by atoms with van der Waals surface area (Å²) in [5.41, 5.74) is 0. The first-order valence-electron chi connectivity index (χ1n) is 6.00. The summed E-state index contributed by atoms with van der Waals surface area (Å²) in [5.74, 6) is 4.93. The highest BCUT2D eigenvalue weighted by molar-refractivity contribution is 7.99. The molecule has 1 rings (SSSR count). The van der Waals surface area contributed by atoms with Crippen molar-refractivity contribution in [2.75, 3.05) is 31.2 Å². The molecule has 0 fully saturated rings. The van der Waals surface area contributed by atoms with Crippen LogP contribution < -0.4 is 10.1 Å². The monoisotopic (exact) mass is 299 g/mol. The van der Waals surface area contributed by atoms with E-state index in [2.05, 4.69) is 11.2 Å². The quantitative estimate of drug-likeness (QED) is 0.541. The molecule has 1 aromatic carbocycles. The van der Waals surface area contributed by atoms with Crippen LogP contribution >= 0.6 is 23.4 Å². The number of thioether (sulfide) groups is 1. The number of halogens is 1. The highest BCUT2D eigenvalue weighted by Gasteiger charge is 2.04. The molecule has 104 valence electrons. The predicted molar refractivity (Wildman–Crippen MR) is 82.0 cm³/mol. The fraction of sp³-hybridized carbons (Fsp3) is 0.429. The molecular weight excluding hydrogens is 282 g/mol. The number of nitrogens with one attached hydrogen (secondary N) is 1. The average Bonchev–Trinajstić information content (AvgIpc) is 2.42. The second kappa shape index (κ2) is 9.99. The second-order valence-corrected chi connectivity index (χ2v) is 5.42. The lowest BCUT2D eigenvalue weighted by molar-refractivity contribution is 0.107. The minimum absolute atomic E-state index is 0.256. The lowest BCUT2D eigenvalue weighted by Crippen LogP contribution is -2.32. The number of ether oxygens (including phenoxy) is 1. The van der Waals surface area contributed by atoms with Gasteiger partial charge in [-0.25, -0.2) is 0 Å². The third kappa shape index (κ3) is 8.02. The number of terminal acetylenes is 1. The Kier molecular flexibility index (Phi) is 8.52. The molecule has 0 bridgehead atoms. The molecule has 5 heteroatoms. The fourth-order valence-corrected chi connectivity index (χ4v) is 2.00. The van der Waals surface area contributed by atoms with Crippen molar-refractivity contribution < 1.29 is 9.84 Å². The summed E-state index contributed by atoms with van der Waals surface area (Å²) in [6, 6.07) is 7.06. The number of rotatable bonds is 9. The minimum Gasteiger partial charge on any atom is -0.491 e. The van der Waals surface area contributed by atoms with Crippen LogP contribution in [-0.4, -0.2) is 42.4 Å². The first-order chi connectivity index (χ1) is 9.22. The lowest BCUT2D eigenvalue weighted by atomic mass is 10.3. The standard InChI is InChI=1S/C14H18ClNO2S/c1-2-8-19-9-7-16-10-13(17)11-18-14-5-3-12(15)4-6-14/h1,3-6,13,16-17H,7-11H2. The summed E-state index contributed by atoms with van der Waals surface area (Å²) in [4.78, 5) is 0. The summed E-state index contributed by atoms with van der Waals surface area (Å²) >= 11 is 7.46. The van der Waals surface area contributed by atoms with E-state index in [1.807, 2.05) is 0 Å². The smallest absolute Gasteiger partial charge is 0.119 e. The van der Waals surface area contributed by atoms with E-state index >= 15 is 0 Å². The highest BCUT2D eigenvalue weighted by Crippen LogP contribution is 2.15. The number of hydrogen-bond acceptors (Lipinski definition) is 4. The largest absolute Gasteiger partial charge is 0.491 e. The lowest BCUT2D eigenvalue weighted by Gasteiger charge is -2.13. The highest BCUT2D eigenvalue weighted by atomic mass is 35.5. The van der Waals surface area contributed by atoms with Crippen molar-refractivity contribution in [3.8, 4) is 18.1 Å². The molecule has 0 amide bonds. The van der Waals surface area contributed by atoms with Gasteiger partial charge in [-0.15, -0.1) is 18.2 Å². The first kappa shape index (κ1) is 16.2. The molecule has 1 atom stereocenters. The number of aliphatic hydroxyl groups excluding tert-OH is 1. The van der Waals surface area contributed by atoms with Gasteiger partial charge in [-0.2, -0.15) is 0 Å². The van der Waals surface area contributed by atoms with Gasteiger partial charge < -0.3 is 15.2 Å². The molecular formula is C14H18ClNO2S. The molecule has 0 aliphatic rings. The molecule has 2 N–H and O–H groups in total. The summed E-state index contributed by atoms with van der Waals surface area (Å²) in [6.45, 7) is 1.58. The van der Waals surface area contributed by atoms with Gasteiger partial charge in [-0.1, -0.05) is 17.5 Å². The zero-order chi connectivity index (χ0) is 13.9. The molecule has 1 aromatic rings. The molecule has 3 nitrogen and oxygen atoms in total. The van der Waals surface area contributed by atoms with Gasteiger partial charge in [0.1, 0.15) is 18.5 Å². The van der Waals surface area contributed by atoms with Gasteiger partial charge in [-0.3, -0.25) is 0 Å². The van der Waals surface area contributed by atoms with Crippen LogP contribution in [0.2, 0.25) is 5.02 Å². The minimum atomic E-state index is -0.534. The van der Waals surface area contributed by atoms with Gasteiger partial charge in [0, 0.05) is 23.9 Å². The van der Waals surface area contributed by atoms with Gasteiger partial charge in [0.05, 0.1) is 5.75 Å². The van der Waals surface area contributed by atoms with E-state index in [1.54, 1.807) is 36.0 Å². The summed E-state index contributed by atoms with van der Waals surface area (Å²) in [6.07, 6.45) is 4.61. The van der Waals surface area contributed by atoms with Crippen molar-refractivity contribution in [1.82, 2.24) is 5.32 Å². The Morgan fingerprint density at radius 2 is 2.16 bits per heavy atom. The molecule has 1 unspecified atom stereocenters. The van der Waals surface area contributed by atoms with Crippen LogP contribution in [0, 0.1) is 12.3 Å². The SMILES string of the molecule is C#CCSCCNCC(O)COc1ccc(Cl)cc1. The Labute approximate surface area is 123 Å². The van der Waals surface area contributed by atoms with E-state index < -0.39 is 6.10 Å². The zero-order valence-electron chi connectivity index (χ0n) is 10.6. The van der Waals surface area contributed by atoms with Crippen LogP contribution in [0.15, 0.2) is 24.3 Å². The Hall–Kier alpha value is -0.860. The maximum Gasteiger partial charge on any atom is 0.119 e. The number of hydrogen-bond donors (Lipinski definition) is 2. The predicted octanol–water partition coefficient (Wildman–Crippen LogP) is 2.04. The van der Waals surface area contributed by atoms with Crippen LogP contribution in [-0.2, 0) is 0 Å². The number of benzene rings is 1. The molecule has 0 aliphatic carbocycles. The van der Waals surface area contributed by atoms with Crippen molar-refractivity contribution in [3.63, 3.8) is 0 Å². The van der Waals surface area contributed by atoms with Crippen LogP contribution in [0.1, 0.15) is 0 Å². The molecule has 0 radical (unpaired) electrons. The maximum absolute atomic E-state index is 9.72. The van der Waals surface area contributed by atoms with Crippen LogP contribution in [0.25, 0.3) is 0 Å². The van der Waals surface area contributed by atoms with Crippen molar-refractivity contribution >= 4 is 23.4 Å². The van der Waals surface area contributed by atoms with Crippen molar-refractivity contribution in [3.05, 3.63) is 29.3 Å². The second-order valence-electron chi connectivity index (χ2n) is 3.88. The van der Waals surface area contributed by atoms with E-state index in [1.165, 1.54) is 0 Å². The molecule has 19 heavy (non-hydrogen) atoms. The Balaban J connectivity index is 2.06. The fourth-order valence-electron chi connectivity index (χ4n) is 1.33. The van der Waals surface area contributed by atoms with Crippen molar-refractivity contribution in [2.45, 2.75) is 6.10 Å².